The van der Waals surface area contributed by atoms with Gasteiger partial charge in [0.15, 0.2) is 18.4 Å². The number of rotatable bonds is 10. The number of esters is 3. The van der Waals surface area contributed by atoms with Crippen LogP contribution in [0.4, 0.5) is 17.1 Å². The van der Waals surface area contributed by atoms with Crippen molar-refractivity contribution in [2.24, 2.45) is 0 Å². The third-order valence-electron chi connectivity index (χ3n) is 9.05. The van der Waals surface area contributed by atoms with Crippen LogP contribution in [0.1, 0.15) is 52.6 Å². The predicted octanol–water partition coefficient (Wildman–Crippen LogP) is 7.55. The molecule has 2 aliphatic rings. The number of ether oxygens (including phenoxy) is 4. The third-order valence-corrected chi connectivity index (χ3v) is 10.3. The monoisotopic (exact) mass is 760 g/mol. The molecule has 0 aliphatic carbocycles. The van der Waals surface area contributed by atoms with E-state index in [0.717, 1.165) is 29.0 Å². The molecule has 4 atom stereocenters. The molecule has 5 aromatic carbocycles. The summed E-state index contributed by atoms with van der Waals surface area (Å²) in [5, 5.41) is 22.5. The number of carboxylic acid groups (broad SMARTS) is 1. The van der Waals surface area contributed by atoms with Crippen LogP contribution in [0.25, 0.3) is 0 Å². The lowest BCUT2D eigenvalue weighted by atomic mass is 10.0. The maximum atomic E-state index is 13.9. The Morgan fingerprint density at radius 2 is 1.33 bits per heavy atom. The molecule has 0 aromatic heterocycles. The zero-order chi connectivity index (χ0) is 38.8. The van der Waals surface area contributed by atoms with Crippen LogP contribution in [0.5, 0.6) is 0 Å². The zero-order valence-corrected chi connectivity index (χ0v) is 30.1. The molecular weight excluding hydrogens is 729 g/mol. The minimum Gasteiger partial charge on any atom is -0.478 e. The van der Waals surface area contributed by atoms with Gasteiger partial charge >= 0.3 is 23.9 Å². The molecule has 1 fully saturated rings. The summed E-state index contributed by atoms with van der Waals surface area (Å²) in [7, 11) is 0. The first-order valence-electron chi connectivity index (χ1n) is 17.0. The lowest BCUT2D eigenvalue weighted by molar-refractivity contribution is -0.385. The molecule has 1 saturated heterocycles. The standard InChI is InChI=1S/C41H32N2O11S/c1-23-18-24(2)36-30(19-23)42(33-29(38(44)45)20-28(43(49)50)21-32(33)55-36)37-35(54-41(48)27-16-10-5-11-17-27)34(53-40(47)26-14-8-4-9-15-26)31(52-37)22-51-39(46)25-12-6-3-7-13-25/h3-21,31,34-35,37H,22H2,1-2H3,(H,44,45)/t31-,34-,35-,37-/m1/s1. The van der Waals surface area contributed by atoms with E-state index < -0.39 is 71.2 Å². The summed E-state index contributed by atoms with van der Waals surface area (Å²) in [6, 6.07) is 30.3. The summed E-state index contributed by atoms with van der Waals surface area (Å²) >= 11 is 1.15. The maximum Gasteiger partial charge on any atom is 0.338 e. The highest BCUT2D eigenvalue weighted by Gasteiger charge is 2.55. The van der Waals surface area contributed by atoms with Crippen molar-refractivity contribution >= 4 is 52.7 Å². The fourth-order valence-electron chi connectivity index (χ4n) is 6.59. The van der Waals surface area contributed by atoms with Gasteiger partial charge in [-0.1, -0.05) is 72.4 Å². The van der Waals surface area contributed by atoms with Gasteiger partial charge in [0.05, 0.1) is 38.6 Å². The number of aromatic carboxylic acids is 1. The Balaban J connectivity index is 1.40. The summed E-state index contributed by atoms with van der Waals surface area (Å²) in [5.41, 5.74) is 1.76. The van der Waals surface area contributed by atoms with E-state index in [0.29, 0.717) is 10.6 Å². The van der Waals surface area contributed by atoms with Crippen molar-refractivity contribution in [2.45, 2.75) is 48.2 Å². The number of carbonyl (C=O) groups is 4. The predicted molar refractivity (Wildman–Crippen MR) is 199 cm³/mol. The number of hydrogen-bond acceptors (Lipinski definition) is 12. The molecule has 13 nitrogen and oxygen atoms in total. The van der Waals surface area contributed by atoms with Crippen molar-refractivity contribution in [3.63, 3.8) is 0 Å². The molecule has 0 radical (unpaired) electrons. The highest BCUT2D eigenvalue weighted by molar-refractivity contribution is 7.99. The van der Waals surface area contributed by atoms with Gasteiger partial charge in [-0.3, -0.25) is 10.1 Å². The summed E-state index contributed by atoms with van der Waals surface area (Å²) < 4.78 is 24.6. The first-order valence-corrected chi connectivity index (χ1v) is 17.9. The average molecular weight is 761 g/mol. The van der Waals surface area contributed by atoms with Gasteiger partial charge < -0.3 is 29.0 Å². The summed E-state index contributed by atoms with van der Waals surface area (Å²) in [6.07, 6.45) is -5.60. The third kappa shape index (κ3) is 7.50. The van der Waals surface area contributed by atoms with Crippen LogP contribution in [0.2, 0.25) is 0 Å². The van der Waals surface area contributed by atoms with Gasteiger partial charge in [0.1, 0.15) is 12.7 Å². The lowest BCUT2D eigenvalue weighted by Gasteiger charge is -2.39. The normalized spacial score (nSPS) is 18.4. The van der Waals surface area contributed by atoms with Gasteiger partial charge in [0, 0.05) is 21.9 Å². The van der Waals surface area contributed by atoms with Crippen molar-refractivity contribution < 1.29 is 48.2 Å². The second-order valence-electron chi connectivity index (χ2n) is 12.8. The van der Waals surface area contributed by atoms with E-state index in [1.807, 2.05) is 19.9 Å². The molecule has 55 heavy (non-hydrogen) atoms. The number of anilines is 2. The number of nitro benzene ring substituents is 1. The van der Waals surface area contributed by atoms with Gasteiger partial charge in [-0.2, -0.15) is 0 Å². The summed E-state index contributed by atoms with van der Waals surface area (Å²) in [4.78, 5) is 67.4. The number of non-ortho nitro benzene ring substituents is 1. The highest BCUT2D eigenvalue weighted by Crippen LogP contribution is 2.54. The summed E-state index contributed by atoms with van der Waals surface area (Å²) in [5.74, 6) is -3.76. The Morgan fingerprint density at radius 1 is 0.782 bits per heavy atom. The van der Waals surface area contributed by atoms with Gasteiger partial charge in [-0.25, -0.2) is 19.2 Å². The first kappa shape index (κ1) is 36.8. The Bertz CT molecular complexity index is 2300. The second kappa shape index (κ2) is 15.5. The van der Waals surface area contributed by atoms with E-state index in [1.165, 1.54) is 35.2 Å². The van der Waals surface area contributed by atoms with E-state index in [-0.39, 0.29) is 27.3 Å². The van der Waals surface area contributed by atoms with Gasteiger partial charge in [-0.15, -0.1) is 0 Å². The van der Waals surface area contributed by atoms with Crippen LogP contribution in [0.3, 0.4) is 0 Å². The van der Waals surface area contributed by atoms with E-state index in [1.54, 1.807) is 72.8 Å². The largest absolute Gasteiger partial charge is 0.478 e. The topological polar surface area (TPSA) is 172 Å². The second-order valence-corrected chi connectivity index (χ2v) is 13.9. The lowest BCUT2D eigenvalue weighted by Crippen LogP contribution is -2.47. The Labute approximate surface area is 318 Å². The molecule has 0 saturated carbocycles. The molecule has 0 amide bonds. The number of carbonyl (C=O) groups excluding carboxylic acids is 3. The minimum atomic E-state index is -1.48. The first-order chi connectivity index (χ1) is 26.5. The SMILES string of the molecule is Cc1cc(C)c2c(c1)N([C@@H]1O[C@H](COC(=O)c3ccccc3)[C@@H](OC(=O)c3ccccc3)[C@H]1OC(=O)c1ccccc1)c1c(cc([N+](=O)[O-])cc1C(=O)O)S2. The highest BCUT2D eigenvalue weighted by atomic mass is 32.2. The van der Waals surface area contributed by atoms with E-state index in [4.69, 9.17) is 18.9 Å². The van der Waals surface area contributed by atoms with Crippen LogP contribution in [0.15, 0.2) is 125 Å². The molecule has 7 rings (SSSR count). The average Bonchev–Trinajstić information content (AvgIpc) is 3.51. The van der Waals surface area contributed by atoms with E-state index >= 15 is 0 Å². The molecule has 1 N–H and O–H groups in total. The van der Waals surface area contributed by atoms with Crippen LogP contribution >= 0.6 is 11.8 Å². The smallest absolute Gasteiger partial charge is 0.338 e. The van der Waals surface area contributed by atoms with Crippen molar-refractivity contribution in [3.05, 3.63) is 159 Å². The number of aryl methyl sites for hydroxylation is 2. The van der Waals surface area contributed by atoms with Crippen LogP contribution in [-0.2, 0) is 18.9 Å². The van der Waals surface area contributed by atoms with Gasteiger partial charge in [0.2, 0.25) is 0 Å². The molecule has 278 valence electrons. The Morgan fingerprint density at radius 3 is 1.87 bits per heavy atom. The molecular formula is C41H32N2O11S. The van der Waals surface area contributed by atoms with Crippen LogP contribution < -0.4 is 4.90 Å². The number of carboxylic acids is 1. The van der Waals surface area contributed by atoms with E-state index in [2.05, 4.69) is 0 Å². The van der Waals surface area contributed by atoms with E-state index in [9.17, 15) is 34.4 Å². The van der Waals surface area contributed by atoms with Crippen LogP contribution in [-0.4, -0.2) is 65.1 Å². The number of hydrogen-bond donors (Lipinski definition) is 1. The fraction of sp³-hybridized carbons (Fsp3) is 0.171. The molecule has 0 unspecified atom stereocenters. The van der Waals surface area contributed by atoms with Crippen molar-refractivity contribution in [3.8, 4) is 0 Å². The zero-order valence-electron chi connectivity index (χ0n) is 29.3. The molecule has 0 bridgehead atoms. The molecule has 14 heteroatoms. The summed E-state index contributed by atoms with van der Waals surface area (Å²) in [6.45, 7) is 3.21. The molecule has 2 heterocycles. The number of benzene rings is 5. The molecule has 0 spiro atoms. The number of fused-ring (bicyclic) bond motifs is 2. The van der Waals surface area contributed by atoms with Gasteiger partial charge in [0.25, 0.3) is 5.69 Å². The minimum absolute atomic E-state index is 0.0291. The van der Waals surface area contributed by atoms with Crippen molar-refractivity contribution in [1.82, 2.24) is 0 Å². The number of nitro groups is 1. The van der Waals surface area contributed by atoms with Gasteiger partial charge in [-0.05, 0) is 67.4 Å². The molecule has 2 aliphatic heterocycles. The fourth-order valence-corrected chi connectivity index (χ4v) is 7.78. The Kier molecular flexibility index (Phi) is 10.4. The number of nitrogens with zero attached hydrogens (tertiary/aromatic N) is 2. The Hall–Kier alpha value is -6.51. The molecule has 5 aromatic rings. The van der Waals surface area contributed by atoms with Crippen molar-refractivity contribution in [2.75, 3.05) is 11.5 Å². The maximum absolute atomic E-state index is 13.9. The van der Waals surface area contributed by atoms with Crippen molar-refractivity contribution in [1.29, 1.82) is 0 Å². The quantitative estimate of drug-likeness (QED) is 0.0641. The van der Waals surface area contributed by atoms with Crippen LogP contribution in [0, 0.1) is 24.0 Å².